The van der Waals surface area contributed by atoms with Crippen LogP contribution in [0.25, 0.3) is 5.69 Å². The van der Waals surface area contributed by atoms with Gasteiger partial charge in [-0.1, -0.05) is 48.3 Å². The third kappa shape index (κ3) is 4.64. The summed E-state index contributed by atoms with van der Waals surface area (Å²) >= 11 is 12.0. The number of carbonyl (C=O) groups excluding carboxylic acids is 1. The molecule has 3 rings (SSSR count). The average Bonchev–Trinajstić information content (AvgIpc) is 3.14. The first-order valence-electron chi connectivity index (χ1n) is 8.78. The zero-order chi connectivity index (χ0) is 20.3. The highest BCUT2D eigenvalue weighted by atomic mass is 35.5. The summed E-state index contributed by atoms with van der Waals surface area (Å²) in [5.41, 5.74) is 2.43. The van der Waals surface area contributed by atoms with Crippen LogP contribution >= 0.6 is 23.2 Å². The fraction of sp³-hybridized carbons (Fsp3) is 0.250. The van der Waals surface area contributed by atoms with E-state index in [1.165, 1.54) is 0 Å². The molecule has 0 aliphatic rings. The fourth-order valence-corrected chi connectivity index (χ4v) is 3.06. The van der Waals surface area contributed by atoms with Crippen molar-refractivity contribution < 1.29 is 9.53 Å². The molecule has 1 unspecified atom stereocenters. The number of halogens is 2. The number of amides is 1. The predicted octanol–water partition coefficient (Wildman–Crippen LogP) is 5.10. The second-order valence-electron chi connectivity index (χ2n) is 6.60. The Morgan fingerprint density at radius 1 is 1.14 bits per heavy atom. The molecule has 28 heavy (non-hydrogen) atoms. The quantitative estimate of drug-likeness (QED) is 0.603. The molecule has 1 aromatic heterocycles. The van der Waals surface area contributed by atoms with Gasteiger partial charge in [-0.05, 0) is 49.2 Å². The minimum atomic E-state index is -0.750. The summed E-state index contributed by atoms with van der Waals surface area (Å²) in [6.07, 6.45) is 0.988. The molecule has 3 aromatic rings. The number of ether oxygens (including phenoxy) is 1. The largest absolute Gasteiger partial charge is 0.479 e. The third-order valence-corrected chi connectivity index (χ3v) is 4.62. The molecular formula is C20H20Cl2N4O2. The van der Waals surface area contributed by atoms with Crippen LogP contribution in [0.4, 0.5) is 5.69 Å². The fourth-order valence-electron chi connectivity index (χ4n) is 2.61. The van der Waals surface area contributed by atoms with E-state index in [0.717, 1.165) is 11.4 Å². The van der Waals surface area contributed by atoms with Crippen molar-refractivity contribution in [3.8, 4) is 11.4 Å². The maximum atomic E-state index is 12.5. The van der Waals surface area contributed by atoms with Gasteiger partial charge < -0.3 is 10.1 Å². The van der Waals surface area contributed by atoms with E-state index in [1.54, 1.807) is 42.1 Å². The summed E-state index contributed by atoms with van der Waals surface area (Å²) in [6, 6.07) is 12.2. The number of nitrogens with zero attached hydrogens (tertiary/aromatic N) is 3. The Morgan fingerprint density at radius 3 is 2.64 bits per heavy atom. The van der Waals surface area contributed by atoms with E-state index < -0.39 is 6.10 Å². The third-order valence-electron chi connectivity index (χ3n) is 4.09. The lowest BCUT2D eigenvalue weighted by Crippen LogP contribution is -2.30. The molecular weight excluding hydrogens is 399 g/mol. The van der Waals surface area contributed by atoms with Crippen LogP contribution in [0.1, 0.15) is 32.4 Å². The number of rotatable bonds is 6. The summed E-state index contributed by atoms with van der Waals surface area (Å²) in [5.74, 6) is 0.364. The predicted molar refractivity (Wildman–Crippen MR) is 111 cm³/mol. The van der Waals surface area contributed by atoms with Gasteiger partial charge in [-0.2, -0.15) is 0 Å². The van der Waals surface area contributed by atoms with Gasteiger partial charge in [0.25, 0.3) is 5.91 Å². The van der Waals surface area contributed by atoms with Crippen LogP contribution < -0.4 is 10.1 Å². The molecule has 0 fully saturated rings. The van der Waals surface area contributed by atoms with Crippen molar-refractivity contribution in [2.45, 2.75) is 32.8 Å². The molecule has 0 aliphatic heterocycles. The van der Waals surface area contributed by atoms with Crippen molar-refractivity contribution >= 4 is 34.8 Å². The number of nitrogens with one attached hydrogen (secondary N) is 1. The van der Waals surface area contributed by atoms with Crippen molar-refractivity contribution in [1.82, 2.24) is 15.0 Å². The van der Waals surface area contributed by atoms with Gasteiger partial charge in [-0.25, -0.2) is 4.68 Å². The molecule has 6 nitrogen and oxygen atoms in total. The number of aromatic nitrogens is 3. The van der Waals surface area contributed by atoms with Gasteiger partial charge in [-0.3, -0.25) is 4.79 Å². The molecule has 2 aromatic carbocycles. The molecule has 1 amide bonds. The van der Waals surface area contributed by atoms with Crippen LogP contribution in [-0.2, 0) is 4.79 Å². The van der Waals surface area contributed by atoms with Crippen LogP contribution in [0.3, 0.4) is 0 Å². The summed E-state index contributed by atoms with van der Waals surface area (Å²) in [6.45, 7) is 5.79. The summed E-state index contributed by atoms with van der Waals surface area (Å²) in [7, 11) is 0. The summed E-state index contributed by atoms with van der Waals surface area (Å²) in [4.78, 5) is 12.5. The lowest BCUT2D eigenvalue weighted by molar-refractivity contribution is -0.122. The smallest absolute Gasteiger partial charge is 0.265 e. The first kappa shape index (κ1) is 20.2. The number of carbonyl (C=O) groups is 1. The highest BCUT2D eigenvalue weighted by Gasteiger charge is 2.17. The Kier molecular flexibility index (Phi) is 6.21. The van der Waals surface area contributed by atoms with Crippen LogP contribution in [0.5, 0.6) is 5.75 Å². The zero-order valence-corrected chi connectivity index (χ0v) is 17.2. The van der Waals surface area contributed by atoms with Crippen LogP contribution in [0, 0.1) is 0 Å². The average molecular weight is 419 g/mol. The lowest BCUT2D eigenvalue weighted by atomic mass is 10.1. The van der Waals surface area contributed by atoms with Crippen LogP contribution in [0.15, 0.2) is 48.7 Å². The Balaban J connectivity index is 1.72. The minimum Gasteiger partial charge on any atom is -0.479 e. The van der Waals surface area contributed by atoms with Crippen molar-refractivity contribution in [2.24, 2.45) is 0 Å². The van der Waals surface area contributed by atoms with E-state index in [-0.39, 0.29) is 11.8 Å². The monoisotopic (exact) mass is 418 g/mol. The number of hydrogen-bond acceptors (Lipinski definition) is 4. The summed E-state index contributed by atoms with van der Waals surface area (Å²) in [5, 5.41) is 11.8. The molecule has 8 heteroatoms. The molecule has 146 valence electrons. The number of benzene rings is 2. The Labute approximate surface area is 173 Å². The molecule has 1 heterocycles. The van der Waals surface area contributed by atoms with Crippen molar-refractivity contribution in [1.29, 1.82) is 0 Å². The second-order valence-corrected chi connectivity index (χ2v) is 7.44. The molecule has 0 bridgehead atoms. The zero-order valence-electron chi connectivity index (χ0n) is 15.7. The Morgan fingerprint density at radius 2 is 1.93 bits per heavy atom. The van der Waals surface area contributed by atoms with Gasteiger partial charge >= 0.3 is 0 Å². The SMILES string of the molecule is CC(Oc1ccc(Cl)cc1Cl)C(=O)Nc1cccc(-n2nncc2C(C)C)c1. The maximum absolute atomic E-state index is 12.5. The standard InChI is InChI=1S/C20H20Cl2N4O2/c1-12(2)18-11-23-25-26(18)16-6-4-5-15(10-16)24-20(27)13(3)28-19-8-7-14(21)9-17(19)22/h4-13H,1-3H3,(H,24,27). The molecule has 0 spiro atoms. The Bertz CT molecular complexity index is 988. The molecule has 0 radical (unpaired) electrons. The van der Waals surface area contributed by atoms with Crippen LogP contribution in [-0.4, -0.2) is 27.0 Å². The number of anilines is 1. The van der Waals surface area contributed by atoms with E-state index in [0.29, 0.717) is 21.5 Å². The van der Waals surface area contributed by atoms with E-state index >= 15 is 0 Å². The van der Waals surface area contributed by atoms with E-state index in [2.05, 4.69) is 29.5 Å². The number of hydrogen-bond donors (Lipinski definition) is 1. The van der Waals surface area contributed by atoms with Gasteiger partial charge in [0.2, 0.25) is 0 Å². The Hall–Kier alpha value is -2.57. The molecule has 1 N–H and O–H groups in total. The van der Waals surface area contributed by atoms with Gasteiger partial charge in [0.15, 0.2) is 6.10 Å². The lowest BCUT2D eigenvalue weighted by Gasteiger charge is -2.16. The normalized spacial score (nSPS) is 12.1. The van der Waals surface area contributed by atoms with Crippen molar-refractivity contribution in [2.75, 3.05) is 5.32 Å². The summed E-state index contributed by atoms with van der Waals surface area (Å²) < 4.78 is 7.41. The van der Waals surface area contributed by atoms with Gasteiger partial charge in [-0.15, -0.1) is 5.10 Å². The molecule has 1 atom stereocenters. The molecule has 0 saturated carbocycles. The molecule has 0 saturated heterocycles. The van der Waals surface area contributed by atoms with Gasteiger partial charge in [0, 0.05) is 10.7 Å². The van der Waals surface area contributed by atoms with E-state index in [4.69, 9.17) is 27.9 Å². The second kappa shape index (κ2) is 8.63. The van der Waals surface area contributed by atoms with Gasteiger partial charge in [0.05, 0.1) is 22.6 Å². The van der Waals surface area contributed by atoms with E-state index in [1.807, 2.05) is 18.2 Å². The minimum absolute atomic E-state index is 0.269. The highest BCUT2D eigenvalue weighted by Crippen LogP contribution is 2.28. The van der Waals surface area contributed by atoms with Crippen molar-refractivity contribution in [3.63, 3.8) is 0 Å². The van der Waals surface area contributed by atoms with E-state index in [9.17, 15) is 4.79 Å². The van der Waals surface area contributed by atoms with Crippen LogP contribution in [0.2, 0.25) is 10.0 Å². The topological polar surface area (TPSA) is 69.0 Å². The molecule has 0 aliphatic carbocycles. The van der Waals surface area contributed by atoms with Crippen molar-refractivity contribution in [3.05, 3.63) is 64.4 Å². The first-order valence-corrected chi connectivity index (χ1v) is 9.54. The van der Waals surface area contributed by atoms with Gasteiger partial charge in [0.1, 0.15) is 5.75 Å². The highest BCUT2D eigenvalue weighted by molar-refractivity contribution is 6.35. The maximum Gasteiger partial charge on any atom is 0.265 e. The first-order chi connectivity index (χ1) is 13.3.